The number of aromatic nitrogens is 2. The molecular weight excluding hydrogens is 514 g/mol. The standard InChI is InChI=1S/C30H33N3O7/c1-5-27(29(34)35)33(30(36)40-23-13-11-21(12-14-23)38-6-2)18-20-7-9-22(10-8-20)39-19(3)28-31-25-16-15-24(37-4)17-26(25)32-28/h7-17,19,27H,5-6,18H2,1-4H3,(H,31,32)(H,34,35). The number of nitrogens with one attached hydrogen (secondary N) is 1. The molecule has 2 N–H and O–H groups in total. The van der Waals surface area contributed by atoms with Crippen molar-refractivity contribution in [1.82, 2.24) is 14.9 Å². The highest BCUT2D eigenvalue weighted by atomic mass is 16.6. The van der Waals surface area contributed by atoms with E-state index in [0.717, 1.165) is 22.3 Å². The number of benzene rings is 3. The van der Waals surface area contributed by atoms with Crippen LogP contribution in [0.1, 0.15) is 44.7 Å². The van der Waals surface area contributed by atoms with E-state index in [-0.39, 0.29) is 19.1 Å². The molecule has 0 radical (unpaired) electrons. The van der Waals surface area contributed by atoms with E-state index in [1.807, 2.05) is 32.0 Å². The van der Waals surface area contributed by atoms with Crippen LogP contribution in [0.3, 0.4) is 0 Å². The summed E-state index contributed by atoms with van der Waals surface area (Å²) in [5, 5.41) is 9.76. The fourth-order valence-electron chi connectivity index (χ4n) is 4.22. The Balaban J connectivity index is 1.45. The van der Waals surface area contributed by atoms with E-state index in [2.05, 4.69) is 9.97 Å². The van der Waals surface area contributed by atoms with Crippen LogP contribution in [0, 0.1) is 0 Å². The average molecular weight is 548 g/mol. The van der Waals surface area contributed by atoms with Crippen molar-refractivity contribution in [3.63, 3.8) is 0 Å². The normalized spacial score (nSPS) is 12.4. The third-order valence-electron chi connectivity index (χ3n) is 6.30. The zero-order valence-corrected chi connectivity index (χ0v) is 22.9. The molecule has 210 valence electrons. The van der Waals surface area contributed by atoms with Gasteiger partial charge in [0, 0.05) is 12.6 Å². The summed E-state index contributed by atoms with van der Waals surface area (Å²) in [7, 11) is 1.61. The number of carboxylic acid groups (broad SMARTS) is 1. The van der Waals surface area contributed by atoms with Crippen molar-refractivity contribution in [3.05, 3.63) is 78.1 Å². The number of fused-ring (bicyclic) bond motifs is 1. The van der Waals surface area contributed by atoms with Gasteiger partial charge in [0.1, 0.15) is 34.9 Å². The second kappa shape index (κ2) is 12.9. The summed E-state index contributed by atoms with van der Waals surface area (Å²) in [5.74, 6) is 1.83. The SMILES string of the molecule is CCOc1ccc(OC(=O)N(Cc2ccc(OC(C)c3nc4ccc(OC)cc4[nH]3)cc2)C(CC)C(=O)O)cc1. The Morgan fingerprint density at radius 1 is 0.950 bits per heavy atom. The van der Waals surface area contributed by atoms with Gasteiger partial charge >= 0.3 is 12.1 Å². The lowest BCUT2D eigenvalue weighted by Gasteiger charge is -2.27. The predicted octanol–water partition coefficient (Wildman–Crippen LogP) is 5.97. The van der Waals surface area contributed by atoms with Gasteiger partial charge in [-0.25, -0.2) is 14.6 Å². The van der Waals surface area contributed by atoms with Gasteiger partial charge < -0.3 is 29.0 Å². The van der Waals surface area contributed by atoms with E-state index in [1.54, 1.807) is 62.6 Å². The van der Waals surface area contributed by atoms with Gasteiger partial charge in [-0.1, -0.05) is 19.1 Å². The van der Waals surface area contributed by atoms with Crippen molar-refractivity contribution in [1.29, 1.82) is 0 Å². The maximum absolute atomic E-state index is 13.1. The van der Waals surface area contributed by atoms with Crippen LogP contribution in [0.2, 0.25) is 0 Å². The number of carbonyl (C=O) groups excluding carboxylic acids is 1. The van der Waals surface area contributed by atoms with Crippen molar-refractivity contribution < 1.29 is 33.6 Å². The van der Waals surface area contributed by atoms with Crippen LogP contribution < -0.4 is 18.9 Å². The van der Waals surface area contributed by atoms with Gasteiger partial charge in [0.15, 0.2) is 6.10 Å². The van der Waals surface area contributed by atoms with Crippen molar-refractivity contribution in [3.8, 4) is 23.0 Å². The maximum atomic E-state index is 13.1. The largest absolute Gasteiger partial charge is 0.497 e. The molecule has 40 heavy (non-hydrogen) atoms. The van der Waals surface area contributed by atoms with Crippen molar-refractivity contribution in [2.24, 2.45) is 0 Å². The minimum Gasteiger partial charge on any atom is -0.497 e. The molecule has 0 fully saturated rings. The molecule has 0 saturated heterocycles. The van der Waals surface area contributed by atoms with Gasteiger partial charge in [-0.05, 0) is 74.4 Å². The first kappa shape index (κ1) is 28.3. The Morgan fingerprint density at radius 2 is 1.60 bits per heavy atom. The van der Waals surface area contributed by atoms with Crippen LogP contribution in [0.25, 0.3) is 11.0 Å². The van der Waals surface area contributed by atoms with Crippen LogP contribution in [0.15, 0.2) is 66.7 Å². The Morgan fingerprint density at radius 3 is 2.23 bits per heavy atom. The van der Waals surface area contributed by atoms with Gasteiger partial charge in [0.05, 0.1) is 24.8 Å². The summed E-state index contributed by atoms with van der Waals surface area (Å²) in [6.07, 6.45) is -0.898. The highest BCUT2D eigenvalue weighted by Gasteiger charge is 2.30. The number of hydrogen-bond acceptors (Lipinski definition) is 7. The molecule has 2 atom stereocenters. The third-order valence-corrected chi connectivity index (χ3v) is 6.30. The third kappa shape index (κ3) is 6.82. The molecule has 10 heteroatoms. The number of carbonyl (C=O) groups is 2. The molecule has 0 aliphatic carbocycles. The lowest BCUT2D eigenvalue weighted by atomic mass is 10.1. The number of carboxylic acids is 1. The second-order valence-electron chi connectivity index (χ2n) is 9.07. The summed E-state index contributed by atoms with van der Waals surface area (Å²) in [5.41, 5.74) is 2.38. The minimum absolute atomic E-state index is 0.0436. The summed E-state index contributed by atoms with van der Waals surface area (Å²) >= 11 is 0. The van der Waals surface area contributed by atoms with Crippen LogP contribution >= 0.6 is 0 Å². The molecule has 1 heterocycles. The first-order valence-corrected chi connectivity index (χ1v) is 13.0. The number of nitrogens with zero attached hydrogens (tertiary/aromatic N) is 2. The van der Waals surface area contributed by atoms with E-state index in [4.69, 9.17) is 18.9 Å². The van der Waals surface area contributed by atoms with Gasteiger partial charge in [-0.3, -0.25) is 4.90 Å². The number of methoxy groups -OCH3 is 1. The van der Waals surface area contributed by atoms with Gasteiger partial charge in [0.2, 0.25) is 0 Å². The van der Waals surface area contributed by atoms with Crippen molar-refractivity contribution in [2.45, 2.75) is 45.9 Å². The monoisotopic (exact) mass is 547 g/mol. The molecule has 0 spiro atoms. The average Bonchev–Trinajstić information content (AvgIpc) is 3.38. The Kier molecular flexibility index (Phi) is 9.11. The topological polar surface area (TPSA) is 123 Å². The summed E-state index contributed by atoms with van der Waals surface area (Å²) in [6, 6.07) is 18.3. The first-order valence-electron chi connectivity index (χ1n) is 13.0. The molecule has 0 bridgehead atoms. The Hall–Kier alpha value is -4.73. The molecule has 0 aliphatic heterocycles. The molecular formula is C30H33N3O7. The Labute approximate surface area is 232 Å². The van der Waals surface area contributed by atoms with Gasteiger partial charge in [-0.2, -0.15) is 0 Å². The molecule has 0 aliphatic rings. The molecule has 4 aromatic rings. The molecule has 0 saturated carbocycles. The number of aromatic amines is 1. The first-order chi connectivity index (χ1) is 19.3. The van der Waals surface area contributed by atoms with Crippen molar-refractivity contribution in [2.75, 3.05) is 13.7 Å². The van der Waals surface area contributed by atoms with Gasteiger partial charge in [0.25, 0.3) is 0 Å². The highest BCUT2D eigenvalue weighted by molar-refractivity contribution is 5.81. The van der Waals surface area contributed by atoms with Crippen LogP contribution in [-0.4, -0.2) is 51.8 Å². The quantitative estimate of drug-likeness (QED) is 0.222. The zero-order chi connectivity index (χ0) is 28.6. The fourth-order valence-corrected chi connectivity index (χ4v) is 4.22. The summed E-state index contributed by atoms with van der Waals surface area (Å²) < 4.78 is 22.3. The lowest BCUT2D eigenvalue weighted by molar-refractivity contribution is -0.142. The van der Waals surface area contributed by atoms with Crippen LogP contribution in [0.5, 0.6) is 23.0 Å². The van der Waals surface area contributed by atoms with E-state index >= 15 is 0 Å². The van der Waals surface area contributed by atoms with Crippen LogP contribution in [0.4, 0.5) is 4.79 Å². The molecule has 4 rings (SSSR count). The fraction of sp³-hybridized carbons (Fsp3) is 0.300. The number of H-pyrrole nitrogens is 1. The highest BCUT2D eigenvalue weighted by Crippen LogP contribution is 2.26. The minimum atomic E-state index is -1.11. The summed E-state index contributed by atoms with van der Waals surface area (Å²) in [6.45, 7) is 6.03. The molecule has 3 aromatic carbocycles. The number of hydrogen-bond donors (Lipinski definition) is 2. The summed E-state index contributed by atoms with van der Waals surface area (Å²) in [4.78, 5) is 34.1. The molecule has 2 unspecified atom stereocenters. The molecule has 10 nitrogen and oxygen atoms in total. The predicted molar refractivity (Wildman–Crippen MR) is 149 cm³/mol. The van der Waals surface area contributed by atoms with Crippen LogP contribution in [-0.2, 0) is 11.3 Å². The number of rotatable bonds is 12. The Bertz CT molecular complexity index is 1430. The number of amides is 1. The van der Waals surface area contributed by atoms with E-state index in [0.29, 0.717) is 29.7 Å². The maximum Gasteiger partial charge on any atom is 0.416 e. The van der Waals surface area contributed by atoms with Crippen molar-refractivity contribution >= 4 is 23.1 Å². The molecule has 1 aromatic heterocycles. The second-order valence-corrected chi connectivity index (χ2v) is 9.07. The van der Waals surface area contributed by atoms with E-state index in [1.165, 1.54) is 4.90 Å². The molecule has 1 amide bonds. The smallest absolute Gasteiger partial charge is 0.416 e. The van der Waals surface area contributed by atoms with Gasteiger partial charge in [-0.15, -0.1) is 0 Å². The zero-order valence-electron chi connectivity index (χ0n) is 22.9. The number of ether oxygens (including phenoxy) is 4. The number of aliphatic carboxylic acids is 1. The van der Waals surface area contributed by atoms with E-state index < -0.39 is 18.1 Å². The number of imidazole rings is 1. The lowest BCUT2D eigenvalue weighted by Crippen LogP contribution is -2.45. The van der Waals surface area contributed by atoms with E-state index in [9.17, 15) is 14.7 Å².